The lowest BCUT2D eigenvalue weighted by molar-refractivity contribution is -0.00259. The van der Waals surface area contributed by atoms with Crippen LogP contribution in [0.5, 0.6) is 11.5 Å². The molecule has 0 saturated carbocycles. The molecular weight excluding hydrogens is 262 g/mol. The number of hydrogen-bond acceptors (Lipinski definition) is 3. The number of aromatic hydroxyl groups is 1. The highest BCUT2D eigenvalue weighted by Crippen LogP contribution is 2.45. The third kappa shape index (κ3) is 2.89. The van der Waals surface area contributed by atoms with Crippen molar-refractivity contribution >= 4 is 0 Å². The Morgan fingerprint density at radius 3 is 2.76 bits per heavy atom. The molecule has 0 bridgehead atoms. The summed E-state index contributed by atoms with van der Waals surface area (Å²) in [5, 5.41) is 9.76. The Labute approximate surface area is 127 Å². The molecule has 1 aromatic rings. The molecule has 0 aromatic heterocycles. The first-order chi connectivity index (χ1) is 9.85. The smallest absolute Gasteiger partial charge is 0.128 e. The molecule has 3 nitrogen and oxygen atoms in total. The molecular formula is C18H27NO2. The standard InChI is InChI=1S/C18H27NO2/c1-12-5-6-13(2)19(11-12)16-10-18(3,4)21-17-9-14(20)7-8-15(16)17/h7-9,12-13,16,20H,5-6,10-11H2,1-4H3. The van der Waals surface area contributed by atoms with Crippen LogP contribution in [0.4, 0.5) is 0 Å². The van der Waals surface area contributed by atoms with E-state index in [1.165, 1.54) is 18.4 Å². The summed E-state index contributed by atoms with van der Waals surface area (Å²) in [6.45, 7) is 10.1. The van der Waals surface area contributed by atoms with Crippen molar-refractivity contribution in [2.24, 2.45) is 5.92 Å². The third-order valence-corrected chi connectivity index (χ3v) is 4.99. The van der Waals surface area contributed by atoms with Crippen LogP contribution in [0.15, 0.2) is 18.2 Å². The fraction of sp³-hybridized carbons (Fsp3) is 0.667. The second-order valence-corrected chi connectivity index (χ2v) is 7.53. The highest BCUT2D eigenvalue weighted by molar-refractivity contribution is 5.44. The molecule has 1 N–H and O–H groups in total. The van der Waals surface area contributed by atoms with Crippen LogP contribution in [0, 0.1) is 5.92 Å². The number of benzene rings is 1. The highest BCUT2D eigenvalue weighted by Gasteiger charge is 2.39. The zero-order valence-corrected chi connectivity index (χ0v) is 13.6. The second kappa shape index (κ2) is 5.20. The summed E-state index contributed by atoms with van der Waals surface area (Å²) in [5.41, 5.74) is 1.04. The fourth-order valence-corrected chi connectivity index (χ4v) is 3.85. The van der Waals surface area contributed by atoms with Gasteiger partial charge in [0.25, 0.3) is 0 Å². The van der Waals surface area contributed by atoms with Gasteiger partial charge in [0.2, 0.25) is 0 Å². The molecule has 1 saturated heterocycles. The normalized spacial score (nSPS) is 32.3. The summed E-state index contributed by atoms with van der Waals surface area (Å²) < 4.78 is 6.10. The SMILES string of the molecule is CC1CCC(C)N(C2CC(C)(C)Oc3cc(O)ccc32)C1. The minimum atomic E-state index is -0.189. The van der Waals surface area contributed by atoms with Crippen molar-refractivity contribution in [2.75, 3.05) is 6.54 Å². The molecule has 3 heteroatoms. The number of likely N-dealkylation sites (tertiary alicyclic amines) is 1. The maximum absolute atomic E-state index is 9.76. The van der Waals surface area contributed by atoms with E-state index in [1.54, 1.807) is 12.1 Å². The van der Waals surface area contributed by atoms with Gasteiger partial charge in [-0.2, -0.15) is 0 Å². The minimum absolute atomic E-state index is 0.189. The lowest BCUT2D eigenvalue weighted by atomic mass is 9.85. The molecule has 2 heterocycles. The van der Waals surface area contributed by atoms with E-state index in [1.807, 2.05) is 6.07 Å². The lowest BCUT2D eigenvalue weighted by Gasteiger charge is -2.47. The second-order valence-electron chi connectivity index (χ2n) is 7.53. The monoisotopic (exact) mass is 289 g/mol. The summed E-state index contributed by atoms with van der Waals surface area (Å²) in [6, 6.07) is 6.59. The molecule has 21 heavy (non-hydrogen) atoms. The van der Waals surface area contributed by atoms with Crippen molar-refractivity contribution in [3.8, 4) is 11.5 Å². The summed E-state index contributed by atoms with van der Waals surface area (Å²) >= 11 is 0. The molecule has 1 fully saturated rings. The maximum Gasteiger partial charge on any atom is 0.128 e. The molecule has 0 spiro atoms. The minimum Gasteiger partial charge on any atom is -0.508 e. The van der Waals surface area contributed by atoms with Crippen molar-refractivity contribution in [1.82, 2.24) is 4.90 Å². The van der Waals surface area contributed by atoms with Crippen LogP contribution >= 0.6 is 0 Å². The summed E-state index contributed by atoms with van der Waals surface area (Å²) in [5.74, 6) is 1.89. The Kier molecular flexibility index (Phi) is 3.64. The Bertz CT molecular complexity index is 526. The number of ether oxygens (including phenoxy) is 1. The van der Waals surface area contributed by atoms with Crippen molar-refractivity contribution in [2.45, 2.75) is 64.6 Å². The van der Waals surface area contributed by atoms with Gasteiger partial charge >= 0.3 is 0 Å². The molecule has 2 aliphatic rings. The van der Waals surface area contributed by atoms with Crippen molar-refractivity contribution in [3.63, 3.8) is 0 Å². The molecule has 0 amide bonds. The van der Waals surface area contributed by atoms with Gasteiger partial charge < -0.3 is 9.84 Å². The van der Waals surface area contributed by atoms with Crippen molar-refractivity contribution < 1.29 is 9.84 Å². The zero-order chi connectivity index (χ0) is 15.2. The third-order valence-electron chi connectivity index (χ3n) is 4.99. The van der Waals surface area contributed by atoms with E-state index < -0.39 is 0 Å². The Hall–Kier alpha value is -1.22. The molecule has 3 atom stereocenters. The summed E-state index contributed by atoms with van der Waals surface area (Å²) in [4.78, 5) is 2.65. The molecule has 2 aliphatic heterocycles. The van der Waals surface area contributed by atoms with E-state index in [0.29, 0.717) is 12.1 Å². The van der Waals surface area contributed by atoms with E-state index in [2.05, 4.69) is 32.6 Å². The number of rotatable bonds is 1. The van der Waals surface area contributed by atoms with Gasteiger partial charge in [-0.25, -0.2) is 0 Å². The number of piperidine rings is 1. The molecule has 1 aromatic carbocycles. The van der Waals surface area contributed by atoms with Gasteiger partial charge in [0, 0.05) is 36.7 Å². The molecule has 116 valence electrons. The van der Waals surface area contributed by atoms with Gasteiger partial charge in [-0.15, -0.1) is 0 Å². The average molecular weight is 289 g/mol. The van der Waals surface area contributed by atoms with E-state index in [0.717, 1.165) is 24.6 Å². The Morgan fingerprint density at radius 2 is 2.00 bits per heavy atom. The van der Waals surface area contributed by atoms with Gasteiger partial charge in [0.15, 0.2) is 0 Å². The van der Waals surface area contributed by atoms with Gasteiger partial charge in [-0.05, 0) is 45.6 Å². The number of fused-ring (bicyclic) bond motifs is 1. The Morgan fingerprint density at radius 1 is 1.24 bits per heavy atom. The first-order valence-corrected chi connectivity index (χ1v) is 8.13. The van der Waals surface area contributed by atoms with Crippen LogP contribution in [0.25, 0.3) is 0 Å². The first-order valence-electron chi connectivity index (χ1n) is 8.13. The first kappa shape index (κ1) is 14.7. The van der Waals surface area contributed by atoms with Crippen LogP contribution in [0.3, 0.4) is 0 Å². The predicted octanol–water partition coefficient (Wildman–Crippen LogP) is 4.11. The van der Waals surface area contributed by atoms with Gasteiger partial charge in [0.05, 0.1) is 0 Å². The van der Waals surface area contributed by atoms with E-state index >= 15 is 0 Å². The van der Waals surface area contributed by atoms with Crippen molar-refractivity contribution in [3.05, 3.63) is 23.8 Å². The van der Waals surface area contributed by atoms with Crippen LogP contribution < -0.4 is 4.74 Å². The average Bonchev–Trinajstić information content (AvgIpc) is 2.39. The molecule has 0 aliphatic carbocycles. The highest BCUT2D eigenvalue weighted by atomic mass is 16.5. The quantitative estimate of drug-likeness (QED) is 0.844. The zero-order valence-electron chi connectivity index (χ0n) is 13.6. The maximum atomic E-state index is 9.76. The van der Waals surface area contributed by atoms with Crippen LogP contribution in [-0.2, 0) is 0 Å². The molecule has 3 unspecified atom stereocenters. The van der Waals surface area contributed by atoms with Crippen LogP contribution in [-0.4, -0.2) is 28.2 Å². The number of nitrogens with zero attached hydrogens (tertiary/aromatic N) is 1. The van der Waals surface area contributed by atoms with Gasteiger partial charge in [0.1, 0.15) is 17.1 Å². The largest absolute Gasteiger partial charge is 0.508 e. The lowest BCUT2D eigenvalue weighted by Crippen LogP contribution is -2.48. The fourth-order valence-electron chi connectivity index (χ4n) is 3.85. The van der Waals surface area contributed by atoms with E-state index in [-0.39, 0.29) is 11.4 Å². The Balaban J connectivity index is 1.98. The molecule has 3 rings (SSSR count). The number of hydrogen-bond donors (Lipinski definition) is 1. The van der Waals surface area contributed by atoms with Crippen LogP contribution in [0.2, 0.25) is 0 Å². The van der Waals surface area contributed by atoms with E-state index in [4.69, 9.17) is 4.74 Å². The summed E-state index contributed by atoms with van der Waals surface area (Å²) in [6.07, 6.45) is 3.60. The van der Waals surface area contributed by atoms with Gasteiger partial charge in [-0.1, -0.05) is 13.0 Å². The van der Waals surface area contributed by atoms with E-state index in [9.17, 15) is 5.11 Å². The predicted molar refractivity (Wildman–Crippen MR) is 84.7 cm³/mol. The van der Waals surface area contributed by atoms with Gasteiger partial charge in [-0.3, -0.25) is 4.90 Å². The molecule has 0 radical (unpaired) electrons. The topological polar surface area (TPSA) is 32.7 Å². The summed E-state index contributed by atoms with van der Waals surface area (Å²) in [7, 11) is 0. The number of phenols is 1. The van der Waals surface area contributed by atoms with Crippen molar-refractivity contribution in [1.29, 1.82) is 0 Å². The number of phenolic OH excluding ortho intramolecular Hbond substituents is 1. The van der Waals surface area contributed by atoms with Crippen LogP contribution in [0.1, 0.15) is 58.6 Å².